The van der Waals surface area contributed by atoms with Crippen molar-refractivity contribution < 1.29 is 4.74 Å². The van der Waals surface area contributed by atoms with E-state index >= 15 is 0 Å². The fraction of sp³-hybridized carbons (Fsp3) is 1.00. The molecule has 82 valence electrons. The zero-order valence-electron chi connectivity index (χ0n) is 9.46. The van der Waals surface area contributed by atoms with Crippen molar-refractivity contribution in [1.82, 2.24) is 5.32 Å². The molecule has 2 fully saturated rings. The van der Waals surface area contributed by atoms with Gasteiger partial charge in [-0.05, 0) is 24.7 Å². The van der Waals surface area contributed by atoms with Crippen LogP contribution in [0.5, 0.6) is 0 Å². The molecule has 1 N–H and O–H groups in total. The molecule has 0 aromatic heterocycles. The molecular formula is C12H23NO. The molecule has 2 nitrogen and oxygen atoms in total. The van der Waals surface area contributed by atoms with Crippen LogP contribution in [-0.4, -0.2) is 25.3 Å². The first-order chi connectivity index (χ1) is 6.75. The van der Waals surface area contributed by atoms with Gasteiger partial charge in [-0.25, -0.2) is 0 Å². The third kappa shape index (κ3) is 2.48. The molecule has 1 heterocycles. The molecule has 0 amide bonds. The van der Waals surface area contributed by atoms with E-state index in [9.17, 15) is 0 Å². The highest BCUT2D eigenvalue weighted by molar-refractivity contribution is 4.84. The predicted molar refractivity (Wildman–Crippen MR) is 58.3 cm³/mol. The van der Waals surface area contributed by atoms with Crippen LogP contribution in [-0.2, 0) is 4.74 Å². The standard InChI is InChI=1S/C12H23NO/c1-9(2)10-4-3-5-11(6-10)13-12-7-14-8-12/h9-13H,3-8H2,1-2H3. The van der Waals surface area contributed by atoms with E-state index in [0.29, 0.717) is 6.04 Å². The lowest BCUT2D eigenvalue weighted by Crippen LogP contribution is -2.51. The van der Waals surface area contributed by atoms with Gasteiger partial charge in [-0.2, -0.15) is 0 Å². The van der Waals surface area contributed by atoms with E-state index in [1.165, 1.54) is 25.7 Å². The molecule has 0 bridgehead atoms. The van der Waals surface area contributed by atoms with Gasteiger partial charge < -0.3 is 10.1 Å². The van der Waals surface area contributed by atoms with Crippen LogP contribution < -0.4 is 5.32 Å². The maximum Gasteiger partial charge on any atom is 0.0643 e. The lowest BCUT2D eigenvalue weighted by Gasteiger charge is -2.37. The van der Waals surface area contributed by atoms with Crippen molar-refractivity contribution in [2.75, 3.05) is 13.2 Å². The molecular weight excluding hydrogens is 174 g/mol. The largest absolute Gasteiger partial charge is 0.378 e. The summed E-state index contributed by atoms with van der Waals surface area (Å²) in [6.07, 6.45) is 5.61. The van der Waals surface area contributed by atoms with Crippen molar-refractivity contribution in [2.24, 2.45) is 11.8 Å². The Kier molecular flexibility index (Phi) is 3.45. The van der Waals surface area contributed by atoms with Crippen LogP contribution in [0.1, 0.15) is 39.5 Å². The van der Waals surface area contributed by atoms with Gasteiger partial charge in [-0.1, -0.05) is 26.7 Å². The molecule has 2 unspecified atom stereocenters. The molecule has 14 heavy (non-hydrogen) atoms. The zero-order valence-corrected chi connectivity index (χ0v) is 9.46. The molecule has 0 radical (unpaired) electrons. The highest BCUT2D eigenvalue weighted by atomic mass is 16.5. The van der Waals surface area contributed by atoms with Crippen molar-refractivity contribution in [3.8, 4) is 0 Å². The van der Waals surface area contributed by atoms with Gasteiger partial charge in [0, 0.05) is 6.04 Å². The Balaban J connectivity index is 1.75. The molecule has 2 aliphatic rings. The minimum absolute atomic E-state index is 0.658. The van der Waals surface area contributed by atoms with Gasteiger partial charge in [0.25, 0.3) is 0 Å². The SMILES string of the molecule is CC(C)C1CCCC(NC2COC2)C1. The Morgan fingerprint density at radius 3 is 2.50 bits per heavy atom. The van der Waals surface area contributed by atoms with E-state index in [2.05, 4.69) is 19.2 Å². The topological polar surface area (TPSA) is 21.3 Å². The van der Waals surface area contributed by atoms with Crippen LogP contribution in [0.3, 0.4) is 0 Å². The summed E-state index contributed by atoms with van der Waals surface area (Å²) in [6.45, 7) is 6.59. The monoisotopic (exact) mass is 197 g/mol. The van der Waals surface area contributed by atoms with E-state index in [1.807, 2.05) is 0 Å². The van der Waals surface area contributed by atoms with Crippen LogP contribution in [0.15, 0.2) is 0 Å². The smallest absolute Gasteiger partial charge is 0.0643 e. The van der Waals surface area contributed by atoms with Crippen LogP contribution in [0.2, 0.25) is 0 Å². The molecule has 2 atom stereocenters. The third-order valence-electron chi connectivity index (χ3n) is 3.77. The first-order valence-electron chi connectivity index (χ1n) is 6.09. The molecule has 0 aromatic rings. The predicted octanol–water partition coefficient (Wildman–Crippen LogP) is 2.19. The summed E-state index contributed by atoms with van der Waals surface area (Å²) in [5.74, 6) is 1.81. The average molecular weight is 197 g/mol. The summed E-state index contributed by atoms with van der Waals surface area (Å²) < 4.78 is 5.19. The summed E-state index contributed by atoms with van der Waals surface area (Å²) in [7, 11) is 0. The van der Waals surface area contributed by atoms with Gasteiger partial charge >= 0.3 is 0 Å². The first kappa shape index (κ1) is 10.4. The zero-order chi connectivity index (χ0) is 9.97. The average Bonchev–Trinajstić information content (AvgIpc) is 2.12. The van der Waals surface area contributed by atoms with Crippen molar-refractivity contribution in [1.29, 1.82) is 0 Å². The van der Waals surface area contributed by atoms with Crippen molar-refractivity contribution in [2.45, 2.75) is 51.6 Å². The van der Waals surface area contributed by atoms with Gasteiger partial charge in [0.1, 0.15) is 0 Å². The van der Waals surface area contributed by atoms with Crippen LogP contribution in [0.25, 0.3) is 0 Å². The Hall–Kier alpha value is -0.0800. The van der Waals surface area contributed by atoms with E-state index < -0.39 is 0 Å². The molecule has 0 aromatic carbocycles. The molecule has 2 rings (SSSR count). The molecule has 1 aliphatic carbocycles. The van der Waals surface area contributed by atoms with Crippen LogP contribution >= 0.6 is 0 Å². The molecule has 1 saturated carbocycles. The highest BCUT2D eigenvalue weighted by Crippen LogP contribution is 2.30. The van der Waals surface area contributed by atoms with Crippen molar-refractivity contribution >= 4 is 0 Å². The summed E-state index contributed by atoms with van der Waals surface area (Å²) in [4.78, 5) is 0. The molecule has 2 heteroatoms. The first-order valence-corrected chi connectivity index (χ1v) is 6.09. The fourth-order valence-corrected chi connectivity index (χ4v) is 2.65. The normalized spacial score (nSPS) is 34.5. The molecule has 0 spiro atoms. The summed E-state index contributed by atoms with van der Waals surface area (Å²) in [5, 5.41) is 3.72. The van der Waals surface area contributed by atoms with Gasteiger partial charge in [-0.15, -0.1) is 0 Å². The number of hydrogen-bond acceptors (Lipinski definition) is 2. The fourth-order valence-electron chi connectivity index (χ4n) is 2.65. The van der Waals surface area contributed by atoms with E-state index in [1.54, 1.807) is 0 Å². The number of ether oxygens (including phenoxy) is 1. The van der Waals surface area contributed by atoms with E-state index in [4.69, 9.17) is 4.74 Å². The Morgan fingerprint density at radius 2 is 1.93 bits per heavy atom. The number of hydrogen-bond donors (Lipinski definition) is 1. The number of rotatable bonds is 3. The van der Waals surface area contributed by atoms with Crippen molar-refractivity contribution in [3.63, 3.8) is 0 Å². The van der Waals surface area contributed by atoms with Gasteiger partial charge in [0.2, 0.25) is 0 Å². The van der Waals surface area contributed by atoms with Crippen molar-refractivity contribution in [3.05, 3.63) is 0 Å². The van der Waals surface area contributed by atoms with E-state index in [-0.39, 0.29) is 0 Å². The maximum absolute atomic E-state index is 5.19. The van der Waals surface area contributed by atoms with E-state index in [0.717, 1.165) is 31.1 Å². The number of nitrogens with one attached hydrogen (secondary N) is 1. The minimum Gasteiger partial charge on any atom is -0.378 e. The van der Waals surface area contributed by atoms with Gasteiger partial charge in [0.05, 0.1) is 19.3 Å². The van der Waals surface area contributed by atoms with Gasteiger partial charge in [0.15, 0.2) is 0 Å². The van der Waals surface area contributed by atoms with Crippen LogP contribution in [0, 0.1) is 11.8 Å². The van der Waals surface area contributed by atoms with Crippen LogP contribution in [0.4, 0.5) is 0 Å². The Labute approximate surface area is 87.4 Å². The quantitative estimate of drug-likeness (QED) is 0.749. The van der Waals surface area contributed by atoms with Gasteiger partial charge in [-0.3, -0.25) is 0 Å². The lowest BCUT2D eigenvalue weighted by molar-refractivity contribution is -0.0138. The second-order valence-corrected chi connectivity index (χ2v) is 5.27. The maximum atomic E-state index is 5.19. The Morgan fingerprint density at radius 1 is 1.14 bits per heavy atom. The second-order valence-electron chi connectivity index (χ2n) is 5.27. The summed E-state index contributed by atoms with van der Waals surface area (Å²) in [5.41, 5.74) is 0. The second kappa shape index (κ2) is 4.63. The molecule has 1 saturated heterocycles. The Bertz CT molecular complexity index is 177. The third-order valence-corrected chi connectivity index (χ3v) is 3.77. The highest BCUT2D eigenvalue weighted by Gasteiger charge is 2.27. The summed E-state index contributed by atoms with van der Waals surface area (Å²) >= 11 is 0. The molecule has 1 aliphatic heterocycles. The minimum atomic E-state index is 0.658. The lowest BCUT2D eigenvalue weighted by atomic mass is 9.79. The summed E-state index contributed by atoms with van der Waals surface area (Å²) in [6, 6.07) is 1.43.